The molecule has 0 radical (unpaired) electrons. The Balaban J connectivity index is 1.54. The fourth-order valence-electron chi connectivity index (χ4n) is 3.13. The number of halogens is 4. The van der Waals surface area contributed by atoms with E-state index in [-0.39, 0.29) is 22.8 Å². The number of oxime groups is 1. The summed E-state index contributed by atoms with van der Waals surface area (Å²) in [6, 6.07) is 12.9. The van der Waals surface area contributed by atoms with Gasteiger partial charge in [-0.3, -0.25) is 10.1 Å². The lowest BCUT2D eigenvalue weighted by molar-refractivity contribution is -0.275. The highest BCUT2D eigenvalue weighted by Gasteiger charge is 2.62. The predicted octanol–water partition coefficient (Wildman–Crippen LogP) is 4.96. The van der Waals surface area contributed by atoms with E-state index in [0.717, 1.165) is 0 Å². The minimum absolute atomic E-state index is 0.0954. The van der Waals surface area contributed by atoms with Crippen molar-refractivity contribution in [1.82, 2.24) is 9.97 Å². The topological polar surface area (TPSA) is 76.5 Å². The van der Waals surface area contributed by atoms with Gasteiger partial charge in [-0.05, 0) is 35.9 Å². The second kappa shape index (κ2) is 7.99. The normalized spacial score (nSPS) is 18.3. The van der Waals surface area contributed by atoms with Crippen molar-refractivity contribution >= 4 is 29.2 Å². The molecule has 0 aliphatic carbocycles. The molecule has 1 amide bonds. The number of anilines is 1. The maximum atomic E-state index is 14.0. The first-order chi connectivity index (χ1) is 14.8. The highest BCUT2D eigenvalue weighted by atomic mass is 35.5. The van der Waals surface area contributed by atoms with Crippen LogP contribution in [0.25, 0.3) is 0 Å². The number of carbonyl (C=O) groups excluding carboxylic acids is 1. The SMILES string of the molecule is O=C(Nc1ncccn1)c1ccc(C2=NOC(c3ccc(Cl)cc3)(C(F)(F)F)C2)cc1. The second-order valence-electron chi connectivity index (χ2n) is 6.74. The summed E-state index contributed by atoms with van der Waals surface area (Å²) in [4.78, 5) is 25.1. The first-order valence-corrected chi connectivity index (χ1v) is 9.43. The lowest BCUT2D eigenvalue weighted by Crippen LogP contribution is -2.42. The molecule has 1 aliphatic rings. The number of hydrogen-bond donors (Lipinski definition) is 1. The molecule has 1 N–H and O–H groups in total. The van der Waals surface area contributed by atoms with Crippen LogP contribution in [-0.4, -0.2) is 27.8 Å². The first kappa shape index (κ1) is 20.8. The number of rotatable bonds is 4. The van der Waals surface area contributed by atoms with E-state index in [0.29, 0.717) is 10.6 Å². The van der Waals surface area contributed by atoms with E-state index in [2.05, 4.69) is 20.4 Å². The summed E-state index contributed by atoms with van der Waals surface area (Å²) in [5.41, 5.74) is -1.89. The minimum atomic E-state index is -4.71. The van der Waals surface area contributed by atoms with Gasteiger partial charge in [-0.15, -0.1) is 0 Å². The third-order valence-corrected chi connectivity index (χ3v) is 5.02. The molecule has 0 bridgehead atoms. The number of amides is 1. The largest absolute Gasteiger partial charge is 0.435 e. The molecule has 1 unspecified atom stereocenters. The second-order valence-corrected chi connectivity index (χ2v) is 7.18. The van der Waals surface area contributed by atoms with Gasteiger partial charge in [0.15, 0.2) is 0 Å². The lowest BCUT2D eigenvalue weighted by Gasteiger charge is -2.29. The Labute approximate surface area is 179 Å². The van der Waals surface area contributed by atoms with Crippen molar-refractivity contribution in [1.29, 1.82) is 0 Å². The number of nitrogens with one attached hydrogen (secondary N) is 1. The molecule has 2 aromatic carbocycles. The van der Waals surface area contributed by atoms with Gasteiger partial charge < -0.3 is 4.84 Å². The summed E-state index contributed by atoms with van der Waals surface area (Å²) >= 11 is 5.80. The number of alkyl halides is 3. The molecule has 2 heterocycles. The van der Waals surface area contributed by atoms with E-state index < -0.39 is 24.1 Å². The van der Waals surface area contributed by atoms with Crippen LogP contribution in [0, 0.1) is 0 Å². The zero-order valence-corrected chi connectivity index (χ0v) is 16.5. The van der Waals surface area contributed by atoms with Crippen molar-refractivity contribution in [3.05, 3.63) is 88.7 Å². The van der Waals surface area contributed by atoms with Gasteiger partial charge in [0.25, 0.3) is 11.5 Å². The summed E-state index contributed by atoms with van der Waals surface area (Å²) in [5.74, 6) is -0.309. The van der Waals surface area contributed by atoms with Crippen LogP contribution in [0.15, 0.2) is 72.1 Å². The number of nitrogens with zero attached hydrogens (tertiary/aromatic N) is 3. The summed E-state index contributed by atoms with van der Waals surface area (Å²) in [7, 11) is 0. The monoisotopic (exact) mass is 446 g/mol. The Kier molecular flexibility index (Phi) is 5.36. The van der Waals surface area contributed by atoms with Crippen molar-refractivity contribution in [2.45, 2.75) is 18.2 Å². The minimum Gasteiger partial charge on any atom is -0.374 e. The zero-order valence-electron chi connectivity index (χ0n) is 15.7. The van der Waals surface area contributed by atoms with Crippen molar-refractivity contribution in [2.24, 2.45) is 5.16 Å². The molecule has 1 aromatic heterocycles. The molecule has 0 fully saturated rings. The van der Waals surface area contributed by atoms with Crippen molar-refractivity contribution in [3.8, 4) is 0 Å². The van der Waals surface area contributed by atoms with Gasteiger partial charge in [0.05, 0.1) is 5.71 Å². The maximum absolute atomic E-state index is 14.0. The lowest BCUT2D eigenvalue weighted by atomic mass is 9.86. The Morgan fingerprint density at radius 2 is 1.68 bits per heavy atom. The van der Waals surface area contributed by atoms with E-state index in [1.165, 1.54) is 60.9 Å². The van der Waals surface area contributed by atoms with Crippen LogP contribution in [0.2, 0.25) is 5.02 Å². The summed E-state index contributed by atoms with van der Waals surface area (Å²) in [6.07, 6.45) is -2.25. The van der Waals surface area contributed by atoms with E-state index >= 15 is 0 Å². The Morgan fingerprint density at radius 1 is 1.03 bits per heavy atom. The molecule has 31 heavy (non-hydrogen) atoms. The smallest absolute Gasteiger partial charge is 0.374 e. The Bertz CT molecular complexity index is 1120. The standard InChI is InChI=1S/C21H14ClF3N4O2/c22-16-8-6-15(7-9-16)20(21(23,24)25)12-17(29-31-20)13-2-4-14(5-3-13)18(30)28-19-26-10-1-11-27-19/h1-11H,12H2,(H,26,27,28,30). The van der Waals surface area contributed by atoms with Crippen LogP contribution < -0.4 is 5.32 Å². The molecule has 0 saturated carbocycles. The summed E-state index contributed by atoms with van der Waals surface area (Å²) in [6.45, 7) is 0. The number of carbonyl (C=O) groups is 1. The first-order valence-electron chi connectivity index (χ1n) is 9.05. The van der Waals surface area contributed by atoms with Gasteiger partial charge in [0.1, 0.15) is 0 Å². The average Bonchev–Trinajstić information content (AvgIpc) is 3.22. The maximum Gasteiger partial charge on any atom is 0.435 e. The summed E-state index contributed by atoms with van der Waals surface area (Å²) < 4.78 is 41.9. The van der Waals surface area contributed by atoms with E-state index in [4.69, 9.17) is 16.4 Å². The number of aromatic nitrogens is 2. The van der Waals surface area contributed by atoms with Gasteiger partial charge in [-0.2, -0.15) is 13.2 Å². The third kappa shape index (κ3) is 4.09. The highest BCUT2D eigenvalue weighted by Crippen LogP contribution is 2.48. The average molecular weight is 447 g/mol. The van der Waals surface area contributed by atoms with E-state index in [1.807, 2.05) is 0 Å². The predicted molar refractivity (Wildman–Crippen MR) is 108 cm³/mol. The quantitative estimate of drug-likeness (QED) is 0.614. The van der Waals surface area contributed by atoms with Crippen molar-refractivity contribution in [3.63, 3.8) is 0 Å². The highest BCUT2D eigenvalue weighted by molar-refractivity contribution is 6.30. The number of hydrogen-bond acceptors (Lipinski definition) is 5. The van der Waals surface area contributed by atoms with Crippen LogP contribution in [-0.2, 0) is 10.4 Å². The number of benzene rings is 2. The molecule has 6 nitrogen and oxygen atoms in total. The van der Waals surface area contributed by atoms with Crippen molar-refractivity contribution < 1.29 is 22.8 Å². The molecular weight excluding hydrogens is 433 g/mol. The molecule has 1 atom stereocenters. The molecule has 0 saturated heterocycles. The fourth-order valence-corrected chi connectivity index (χ4v) is 3.25. The van der Waals surface area contributed by atoms with Crippen LogP contribution >= 0.6 is 11.6 Å². The fraction of sp³-hybridized carbons (Fsp3) is 0.143. The van der Waals surface area contributed by atoms with Gasteiger partial charge >= 0.3 is 6.18 Å². The van der Waals surface area contributed by atoms with E-state index in [9.17, 15) is 18.0 Å². The van der Waals surface area contributed by atoms with Gasteiger partial charge in [-0.1, -0.05) is 41.0 Å². The molecular formula is C21H14ClF3N4O2. The zero-order chi connectivity index (χ0) is 22.1. The van der Waals surface area contributed by atoms with Gasteiger partial charge in [0, 0.05) is 35.0 Å². The molecule has 158 valence electrons. The molecule has 0 spiro atoms. The molecule has 4 rings (SSSR count). The van der Waals surface area contributed by atoms with Crippen LogP contribution in [0.1, 0.15) is 27.9 Å². The summed E-state index contributed by atoms with van der Waals surface area (Å²) in [5, 5.41) is 6.56. The Morgan fingerprint density at radius 3 is 2.29 bits per heavy atom. The Hall–Kier alpha value is -3.46. The molecule has 10 heteroatoms. The molecule has 1 aliphatic heterocycles. The third-order valence-electron chi connectivity index (χ3n) is 4.77. The van der Waals surface area contributed by atoms with Gasteiger partial charge in [-0.25, -0.2) is 9.97 Å². The van der Waals surface area contributed by atoms with Gasteiger partial charge in [0.2, 0.25) is 5.95 Å². The van der Waals surface area contributed by atoms with Crippen molar-refractivity contribution in [2.75, 3.05) is 5.32 Å². The van der Waals surface area contributed by atoms with Crippen LogP contribution in [0.5, 0.6) is 0 Å². The van der Waals surface area contributed by atoms with Crippen LogP contribution in [0.4, 0.5) is 19.1 Å². The molecule has 3 aromatic rings. The van der Waals surface area contributed by atoms with Crippen LogP contribution in [0.3, 0.4) is 0 Å². The van der Waals surface area contributed by atoms with E-state index in [1.54, 1.807) is 6.07 Å².